The van der Waals surface area contributed by atoms with Gasteiger partial charge >= 0.3 is 11.9 Å². The highest BCUT2D eigenvalue weighted by atomic mass is 32.1. The molecule has 1 heterocycles. The second-order valence-corrected chi connectivity index (χ2v) is 6.95. The number of benzene rings is 2. The molecule has 2 aromatic carbocycles. The van der Waals surface area contributed by atoms with Crippen LogP contribution in [0.1, 0.15) is 33.3 Å². The van der Waals surface area contributed by atoms with Gasteiger partial charge in [0.15, 0.2) is 11.5 Å². The lowest BCUT2D eigenvalue weighted by Gasteiger charge is -2.09. The predicted molar refractivity (Wildman–Crippen MR) is 112 cm³/mol. The number of aromatic nitrogens is 1. The molecule has 0 amide bonds. The Labute approximate surface area is 178 Å². The highest BCUT2D eigenvalue weighted by Crippen LogP contribution is 2.33. The van der Waals surface area contributed by atoms with Crippen LogP contribution in [0, 0.1) is 0 Å². The van der Waals surface area contributed by atoms with Gasteiger partial charge in [0.2, 0.25) is 0 Å². The first kappa shape index (κ1) is 21.3. The van der Waals surface area contributed by atoms with Crippen LogP contribution in [0.25, 0.3) is 10.6 Å². The second-order valence-electron chi connectivity index (χ2n) is 6.09. The number of hydrogen-bond acceptors (Lipinski definition) is 8. The highest BCUT2D eigenvalue weighted by Gasteiger charge is 2.13. The molecule has 0 saturated carbocycles. The molecule has 30 heavy (non-hydrogen) atoms. The lowest BCUT2D eigenvalue weighted by Crippen LogP contribution is -2.07. The van der Waals surface area contributed by atoms with Crippen molar-refractivity contribution < 1.29 is 28.5 Å². The maximum atomic E-state index is 12.2. The number of carbonyl (C=O) groups is 2. The number of nitrogens with zero attached hydrogens (tertiary/aromatic N) is 1. The summed E-state index contributed by atoms with van der Waals surface area (Å²) in [5.74, 6) is 0.347. The molecule has 0 unspecified atom stereocenters. The zero-order valence-electron chi connectivity index (χ0n) is 16.8. The summed E-state index contributed by atoms with van der Waals surface area (Å²) < 4.78 is 20.9. The normalized spacial score (nSPS) is 10.4. The molecule has 7 nitrogen and oxygen atoms in total. The third kappa shape index (κ3) is 4.96. The van der Waals surface area contributed by atoms with E-state index < -0.39 is 11.9 Å². The minimum Gasteiger partial charge on any atom is -0.493 e. The van der Waals surface area contributed by atoms with Crippen LogP contribution >= 0.6 is 11.3 Å². The molecule has 0 spiro atoms. The van der Waals surface area contributed by atoms with Crippen molar-refractivity contribution in [2.45, 2.75) is 13.5 Å². The molecule has 8 heteroatoms. The summed E-state index contributed by atoms with van der Waals surface area (Å²) in [6.45, 7) is 2.51. The molecule has 0 saturated heterocycles. The van der Waals surface area contributed by atoms with E-state index in [9.17, 15) is 9.59 Å². The summed E-state index contributed by atoms with van der Waals surface area (Å²) in [5, 5.41) is 2.62. The first-order chi connectivity index (χ1) is 14.5. The van der Waals surface area contributed by atoms with Crippen molar-refractivity contribution >= 4 is 23.3 Å². The van der Waals surface area contributed by atoms with Crippen LogP contribution in [0.5, 0.6) is 11.5 Å². The third-order valence-electron chi connectivity index (χ3n) is 4.16. The molecular formula is C22H21NO6S. The number of thiazole rings is 1. The summed E-state index contributed by atoms with van der Waals surface area (Å²) in [5.41, 5.74) is 2.23. The van der Waals surface area contributed by atoms with Crippen LogP contribution in [0.3, 0.4) is 0 Å². The third-order valence-corrected chi connectivity index (χ3v) is 5.10. The first-order valence-electron chi connectivity index (χ1n) is 9.16. The van der Waals surface area contributed by atoms with Gasteiger partial charge in [0.05, 0.1) is 37.6 Å². The van der Waals surface area contributed by atoms with Gasteiger partial charge in [0.1, 0.15) is 11.6 Å². The predicted octanol–water partition coefficient (Wildman–Crippen LogP) is 4.36. The van der Waals surface area contributed by atoms with Gasteiger partial charge in [-0.15, -0.1) is 11.3 Å². The van der Waals surface area contributed by atoms with Gasteiger partial charge in [-0.3, -0.25) is 0 Å². The molecule has 0 aliphatic carbocycles. The monoisotopic (exact) mass is 427 g/mol. The molecule has 0 bridgehead atoms. The topological polar surface area (TPSA) is 84.0 Å². The largest absolute Gasteiger partial charge is 0.493 e. The Hall–Kier alpha value is -3.39. The molecule has 1 aromatic heterocycles. The van der Waals surface area contributed by atoms with Crippen LogP contribution in [-0.4, -0.2) is 37.7 Å². The average Bonchev–Trinajstić information content (AvgIpc) is 3.26. The maximum absolute atomic E-state index is 12.2. The summed E-state index contributed by atoms with van der Waals surface area (Å²) >= 11 is 1.45. The van der Waals surface area contributed by atoms with E-state index in [4.69, 9.17) is 14.2 Å². The van der Waals surface area contributed by atoms with Crippen molar-refractivity contribution in [3.05, 3.63) is 64.7 Å². The number of ether oxygens (including phenoxy) is 4. The molecule has 0 atom stereocenters. The molecule has 0 N–H and O–H groups in total. The van der Waals surface area contributed by atoms with Crippen molar-refractivity contribution in [3.8, 4) is 22.1 Å². The number of esters is 2. The molecule has 0 fully saturated rings. The lowest BCUT2D eigenvalue weighted by molar-refractivity contribution is 0.0467. The van der Waals surface area contributed by atoms with Gasteiger partial charge in [-0.1, -0.05) is 0 Å². The highest BCUT2D eigenvalue weighted by molar-refractivity contribution is 7.13. The van der Waals surface area contributed by atoms with E-state index >= 15 is 0 Å². The Morgan fingerprint density at radius 2 is 1.67 bits per heavy atom. The van der Waals surface area contributed by atoms with E-state index in [1.165, 1.54) is 42.7 Å². The minimum atomic E-state index is -0.497. The molecule has 3 aromatic rings. The summed E-state index contributed by atoms with van der Waals surface area (Å²) in [4.78, 5) is 28.2. The van der Waals surface area contributed by atoms with Crippen molar-refractivity contribution in [1.82, 2.24) is 4.98 Å². The fourth-order valence-electron chi connectivity index (χ4n) is 2.66. The fraction of sp³-hybridized carbons (Fsp3) is 0.227. The van der Waals surface area contributed by atoms with Gasteiger partial charge in [-0.05, 0) is 49.4 Å². The second kappa shape index (κ2) is 9.89. The molecule has 0 aliphatic rings. The van der Waals surface area contributed by atoms with Crippen LogP contribution < -0.4 is 9.47 Å². The zero-order valence-corrected chi connectivity index (χ0v) is 17.7. The van der Waals surface area contributed by atoms with E-state index in [1.54, 1.807) is 7.11 Å². The van der Waals surface area contributed by atoms with Crippen LogP contribution in [0.2, 0.25) is 0 Å². The van der Waals surface area contributed by atoms with Crippen LogP contribution in [0.15, 0.2) is 47.8 Å². The number of rotatable bonds is 8. The van der Waals surface area contributed by atoms with E-state index in [0.717, 1.165) is 10.6 Å². The minimum absolute atomic E-state index is 0.0439. The van der Waals surface area contributed by atoms with E-state index in [0.29, 0.717) is 34.9 Å². The summed E-state index contributed by atoms with van der Waals surface area (Å²) in [6.07, 6.45) is 0. The van der Waals surface area contributed by atoms with Crippen LogP contribution in [-0.2, 0) is 16.1 Å². The summed E-state index contributed by atoms with van der Waals surface area (Å²) in [7, 11) is 2.89. The Morgan fingerprint density at radius 3 is 2.30 bits per heavy atom. The maximum Gasteiger partial charge on any atom is 0.338 e. The molecular weight excluding hydrogens is 406 g/mol. The fourth-order valence-corrected chi connectivity index (χ4v) is 3.47. The molecule has 156 valence electrons. The van der Waals surface area contributed by atoms with Gasteiger partial charge < -0.3 is 18.9 Å². The molecule has 3 rings (SSSR count). The van der Waals surface area contributed by atoms with Crippen molar-refractivity contribution in [1.29, 1.82) is 0 Å². The SMILES string of the molecule is CCOc1ccc(-c2nc(COC(=O)c3ccc(C(=O)OC)cc3)cs2)cc1OC. The van der Waals surface area contributed by atoms with Crippen molar-refractivity contribution in [3.63, 3.8) is 0 Å². The number of methoxy groups -OCH3 is 2. The molecule has 0 radical (unpaired) electrons. The number of hydrogen-bond donors (Lipinski definition) is 0. The van der Waals surface area contributed by atoms with Gasteiger partial charge in [0.25, 0.3) is 0 Å². The number of carbonyl (C=O) groups excluding carboxylic acids is 2. The van der Waals surface area contributed by atoms with Gasteiger partial charge in [0, 0.05) is 10.9 Å². The van der Waals surface area contributed by atoms with Gasteiger partial charge in [-0.25, -0.2) is 14.6 Å². The van der Waals surface area contributed by atoms with E-state index in [-0.39, 0.29) is 6.61 Å². The summed E-state index contributed by atoms with van der Waals surface area (Å²) in [6, 6.07) is 11.7. The smallest absolute Gasteiger partial charge is 0.338 e. The van der Waals surface area contributed by atoms with E-state index in [2.05, 4.69) is 9.72 Å². The van der Waals surface area contributed by atoms with E-state index in [1.807, 2.05) is 30.5 Å². The first-order valence-corrected chi connectivity index (χ1v) is 10.0. The molecule has 0 aliphatic heterocycles. The standard InChI is InChI=1S/C22H21NO6S/c1-4-28-18-10-9-16(11-19(18)26-2)20-23-17(13-30-20)12-29-22(25)15-7-5-14(6-8-15)21(24)27-3/h5-11,13H,4,12H2,1-3H3. The Balaban J connectivity index is 1.64. The van der Waals surface area contributed by atoms with Crippen molar-refractivity contribution in [2.24, 2.45) is 0 Å². The average molecular weight is 427 g/mol. The van der Waals surface area contributed by atoms with Crippen molar-refractivity contribution in [2.75, 3.05) is 20.8 Å². The zero-order chi connectivity index (χ0) is 21.5. The lowest BCUT2D eigenvalue weighted by atomic mass is 10.1. The van der Waals surface area contributed by atoms with Gasteiger partial charge in [-0.2, -0.15) is 0 Å². The quantitative estimate of drug-likeness (QED) is 0.494. The Kier molecular flexibility index (Phi) is 7.03. The van der Waals surface area contributed by atoms with Crippen LogP contribution in [0.4, 0.5) is 0 Å². The Morgan fingerprint density at radius 1 is 0.967 bits per heavy atom. The Bertz CT molecular complexity index is 1030.